The van der Waals surface area contributed by atoms with Gasteiger partial charge in [0.1, 0.15) is 0 Å². The summed E-state index contributed by atoms with van der Waals surface area (Å²) in [5.74, 6) is 0.973. The lowest BCUT2D eigenvalue weighted by molar-refractivity contribution is 0.632. The van der Waals surface area contributed by atoms with Gasteiger partial charge in [-0.3, -0.25) is 4.68 Å². The van der Waals surface area contributed by atoms with Crippen LogP contribution < -0.4 is 0 Å². The third kappa shape index (κ3) is 4.37. The highest BCUT2D eigenvalue weighted by atomic mass is 33.1. The minimum Gasteiger partial charge on any atom is -0.251 e. The third-order valence-corrected chi connectivity index (χ3v) is 2.95. The minimum atomic E-state index is 0.898. The first kappa shape index (κ1) is 11.9. The van der Waals surface area contributed by atoms with Crippen LogP contribution in [0.25, 0.3) is 0 Å². The van der Waals surface area contributed by atoms with Crippen molar-refractivity contribution in [3.63, 3.8) is 0 Å². The maximum Gasteiger partial charge on any atom is 0.0827 e. The molecule has 0 amide bonds. The number of aromatic nitrogens is 3. The highest BCUT2D eigenvalue weighted by Gasteiger charge is 1.99. The Kier molecular flexibility index (Phi) is 6.10. The first-order valence-corrected chi connectivity index (χ1v) is 7.06. The quantitative estimate of drug-likeness (QED) is 0.444. The lowest BCUT2D eigenvalue weighted by atomic mass is 10.2. The molecule has 0 N–H and O–H groups in total. The zero-order chi connectivity index (χ0) is 10.2. The van der Waals surface area contributed by atoms with Gasteiger partial charge in [0.25, 0.3) is 0 Å². The molecule has 0 aromatic carbocycles. The van der Waals surface area contributed by atoms with Gasteiger partial charge in [-0.2, -0.15) is 0 Å². The molecule has 1 heterocycles. The molecule has 0 spiro atoms. The number of hydrogen-bond acceptors (Lipinski definition) is 4. The van der Waals surface area contributed by atoms with Gasteiger partial charge >= 0.3 is 0 Å². The third-order valence-electron chi connectivity index (χ3n) is 2.03. The summed E-state index contributed by atoms with van der Waals surface area (Å²) < 4.78 is 1.89. The Labute approximate surface area is 94.5 Å². The fourth-order valence-electron chi connectivity index (χ4n) is 1.25. The monoisotopic (exact) mass is 231 g/mol. The summed E-state index contributed by atoms with van der Waals surface area (Å²) in [5.41, 5.74) is 1.11. The number of unbranched alkanes of at least 4 members (excludes halogenated alkanes) is 2. The fourth-order valence-corrected chi connectivity index (χ4v) is 1.77. The van der Waals surface area contributed by atoms with Gasteiger partial charge in [-0.25, -0.2) is 0 Å². The second-order valence-corrected chi connectivity index (χ2v) is 4.70. The normalized spacial score (nSPS) is 10.7. The molecule has 0 saturated carbocycles. The summed E-state index contributed by atoms with van der Waals surface area (Å²) in [5, 5.41) is 8.17. The van der Waals surface area contributed by atoms with Crippen molar-refractivity contribution < 1.29 is 0 Å². The van der Waals surface area contributed by atoms with Crippen LogP contribution in [0.15, 0.2) is 6.20 Å². The van der Waals surface area contributed by atoms with E-state index in [2.05, 4.69) is 28.9 Å². The van der Waals surface area contributed by atoms with E-state index in [-0.39, 0.29) is 0 Å². The van der Waals surface area contributed by atoms with Gasteiger partial charge < -0.3 is 0 Å². The molecule has 80 valence electrons. The zero-order valence-electron chi connectivity index (χ0n) is 8.52. The van der Waals surface area contributed by atoms with Crippen molar-refractivity contribution >= 4 is 22.5 Å². The summed E-state index contributed by atoms with van der Waals surface area (Å²) in [6.45, 7) is 3.11. The molecule has 5 heteroatoms. The summed E-state index contributed by atoms with van der Waals surface area (Å²) in [6.07, 6.45) is 6.85. The van der Waals surface area contributed by atoms with Crippen LogP contribution >= 0.6 is 22.5 Å². The maximum absolute atomic E-state index is 4.12. The van der Waals surface area contributed by atoms with E-state index in [1.165, 1.54) is 30.1 Å². The van der Waals surface area contributed by atoms with E-state index in [0.29, 0.717) is 0 Å². The summed E-state index contributed by atoms with van der Waals surface area (Å²) in [4.78, 5) is 0. The van der Waals surface area contributed by atoms with Gasteiger partial charge in [-0.15, -0.1) is 16.8 Å². The molecule has 0 fully saturated rings. The Balaban J connectivity index is 2.27. The molecule has 0 saturated heterocycles. The van der Waals surface area contributed by atoms with Crippen molar-refractivity contribution in [3.05, 3.63) is 11.9 Å². The van der Waals surface area contributed by atoms with Crippen LogP contribution in [0.4, 0.5) is 0 Å². The fraction of sp³-hybridized carbons (Fsp3) is 0.778. The van der Waals surface area contributed by atoms with Crippen LogP contribution in [0.2, 0.25) is 0 Å². The first-order valence-electron chi connectivity index (χ1n) is 5.02. The van der Waals surface area contributed by atoms with E-state index in [0.717, 1.165) is 24.4 Å². The Bertz CT molecular complexity index is 250. The van der Waals surface area contributed by atoms with Gasteiger partial charge in [0.2, 0.25) is 0 Å². The van der Waals surface area contributed by atoms with Crippen molar-refractivity contribution in [3.8, 4) is 0 Å². The number of aryl methyl sites for hydroxylation is 2. The Morgan fingerprint density at radius 2 is 2.36 bits per heavy atom. The summed E-state index contributed by atoms with van der Waals surface area (Å²) in [7, 11) is 1.53. The van der Waals surface area contributed by atoms with Crippen LogP contribution in [0, 0.1) is 0 Å². The zero-order valence-corrected chi connectivity index (χ0v) is 10.2. The van der Waals surface area contributed by atoms with E-state index in [9.17, 15) is 0 Å². The molecule has 0 atom stereocenters. The molecule has 0 radical (unpaired) electrons. The first-order chi connectivity index (χ1) is 6.86. The lowest BCUT2D eigenvalue weighted by Crippen LogP contribution is -1.99. The van der Waals surface area contributed by atoms with E-state index in [4.69, 9.17) is 0 Å². The standard InChI is InChI=1S/C9H17N3S2/c1-2-3-4-5-9-8-12(11-10-9)6-7-14-13/h8,13H,2-7H2,1H3. The van der Waals surface area contributed by atoms with Crippen LogP contribution in [0.3, 0.4) is 0 Å². The van der Waals surface area contributed by atoms with Crippen LogP contribution in [-0.4, -0.2) is 20.7 Å². The molecule has 3 nitrogen and oxygen atoms in total. The molecular formula is C9H17N3S2. The van der Waals surface area contributed by atoms with Crippen LogP contribution in [0.1, 0.15) is 31.9 Å². The van der Waals surface area contributed by atoms with Gasteiger partial charge in [0, 0.05) is 11.9 Å². The van der Waals surface area contributed by atoms with Crippen LogP contribution in [0.5, 0.6) is 0 Å². The van der Waals surface area contributed by atoms with E-state index in [1.807, 2.05) is 10.9 Å². The van der Waals surface area contributed by atoms with E-state index >= 15 is 0 Å². The van der Waals surface area contributed by atoms with E-state index < -0.39 is 0 Å². The van der Waals surface area contributed by atoms with Crippen molar-refractivity contribution in [2.24, 2.45) is 0 Å². The van der Waals surface area contributed by atoms with Crippen molar-refractivity contribution in [2.75, 3.05) is 5.75 Å². The second kappa shape index (κ2) is 7.17. The largest absolute Gasteiger partial charge is 0.251 e. The highest BCUT2D eigenvalue weighted by Crippen LogP contribution is 2.06. The predicted octanol–water partition coefficient (Wildman–Crippen LogP) is 2.59. The average Bonchev–Trinajstić information content (AvgIpc) is 2.63. The summed E-state index contributed by atoms with van der Waals surface area (Å²) in [6, 6.07) is 0. The van der Waals surface area contributed by atoms with E-state index in [1.54, 1.807) is 0 Å². The Morgan fingerprint density at radius 1 is 1.50 bits per heavy atom. The Hall–Kier alpha value is -0.160. The molecule has 0 aliphatic carbocycles. The number of hydrogen-bond donors (Lipinski definition) is 1. The number of rotatable bonds is 7. The smallest absolute Gasteiger partial charge is 0.0827 e. The second-order valence-electron chi connectivity index (χ2n) is 3.26. The highest BCUT2D eigenvalue weighted by molar-refractivity contribution is 8.68. The molecule has 1 rings (SSSR count). The molecular weight excluding hydrogens is 214 g/mol. The van der Waals surface area contributed by atoms with Crippen molar-refractivity contribution in [2.45, 2.75) is 39.2 Å². The number of nitrogens with zero attached hydrogens (tertiary/aromatic N) is 3. The SMILES string of the molecule is CCCCCc1cn(CCSS)nn1. The Morgan fingerprint density at radius 3 is 3.07 bits per heavy atom. The predicted molar refractivity (Wildman–Crippen MR) is 64.7 cm³/mol. The molecule has 0 aliphatic heterocycles. The van der Waals surface area contributed by atoms with Crippen LogP contribution in [-0.2, 0) is 13.0 Å². The summed E-state index contributed by atoms with van der Waals surface area (Å²) >= 11 is 4.08. The average molecular weight is 231 g/mol. The van der Waals surface area contributed by atoms with Crippen molar-refractivity contribution in [1.82, 2.24) is 15.0 Å². The lowest BCUT2D eigenvalue weighted by Gasteiger charge is -1.95. The maximum atomic E-state index is 4.12. The van der Waals surface area contributed by atoms with Gasteiger partial charge in [-0.05, 0) is 12.8 Å². The van der Waals surface area contributed by atoms with Crippen molar-refractivity contribution in [1.29, 1.82) is 0 Å². The number of thiol groups is 1. The molecule has 14 heavy (non-hydrogen) atoms. The van der Waals surface area contributed by atoms with Gasteiger partial charge in [0.05, 0.1) is 12.2 Å². The molecule has 1 aromatic heterocycles. The topological polar surface area (TPSA) is 30.7 Å². The van der Waals surface area contributed by atoms with Gasteiger partial charge in [0.15, 0.2) is 0 Å². The molecule has 0 unspecified atom stereocenters. The van der Waals surface area contributed by atoms with Gasteiger partial charge in [-0.1, -0.05) is 35.8 Å². The molecule has 0 aliphatic rings. The molecule has 1 aromatic rings. The minimum absolute atomic E-state index is 0.898. The molecule has 0 bridgehead atoms.